The molecule has 1 aromatic carbocycles. The van der Waals surface area contributed by atoms with Gasteiger partial charge in [0.15, 0.2) is 0 Å². The zero-order valence-electron chi connectivity index (χ0n) is 10.7. The molecule has 1 aliphatic rings. The molecular formula is C14H20ClFN2. The van der Waals surface area contributed by atoms with E-state index in [1.165, 1.54) is 12.5 Å². The third kappa shape index (κ3) is 2.85. The first-order chi connectivity index (χ1) is 8.63. The topological polar surface area (TPSA) is 29.3 Å². The molecule has 0 aliphatic carbocycles. The molecule has 0 saturated carbocycles. The average molecular weight is 271 g/mol. The highest BCUT2D eigenvalue weighted by molar-refractivity contribution is 6.30. The highest BCUT2D eigenvalue weighted by Crippen LogP contribution is 2.30. The van der Waals surface area contributed by atoms with E-state index in [1.54, 1.807) is 12.1 Å². The van der Waals surface area contributed by atoms with Gasteiger partial charge in [-0.25, -0.2) is 4.39 Å². The second-order valence-electron chi connectivity index (χ2n) is 5.00. The molecule has 1 aromatic rings. The zero-order valence-corrected chi connectivity index (χ0v) is 11.5. The molecule has 2 rings (SSSR count). The molecule has 18 heavy (non-hydrogen) atoms. The lowest BCUT2D eigenvalue weighted by Gasteiger charge is -2.39. The first-order valence-electron chi connectivity index (χ1n) is 6.54. The molecule has 1 aliphatic heterocycles. The van der Waals surface area contributed by atoms with Crippen molar-refractivity contribution in [1.82, 2.24) is 4.90 Å². The quantitative estimate of drug-likeness (QED) is 0.913. The number of piperidine rings is 1. The van der Waals surface area contributed by atoms with E-state index in [0.29, 0.717) is 23.2 Å². The molecule has 0 bridgehead atoms. The van der Waals surface area contributed by atoms with Gasteiger partial charge in [0, 0.05) is 23.2 Å². The lowest BCUT2D eigenvalue weighted by atomic mass is 9.97. The maximum absolute atomic E-state index is 13.9. The first-order valence-corrected chi connectivity index (χ1v) is 6.92. The van der Waals surface area contributed by atoms with Crippen LogP contribution in [0, 0.1) is 5.82 Å². The van der Waals surface area contributed by atoms with Gasteiger partial charge in [0.2, 0.25) is 0 Å². The highest BCUT2D eigenvalue weighted by atomic mass is 35.5. The molecule has 2 unspecified atom stereocenters. The van der Waals surface area contributed by atoms with Crippen molar-refractivity contribution in [1.29, 1.82) is 0 Å². The Morgan fingerprint density at radius 3 is 2.94 bits per heavy atom. The van der Waals surface area contributed by atoms with E-state index in [9.17, 15) is 4.39 Å². The van der Waals surface area contributed by atoms with Gasteiger partial charge in [0.05, 0.1) is 6.04 Å². The van der Waals surface area contributed by atoms with Gasteiger partial charge in [0.1, 0.15) is 5.82 Å². The van der Waals surface area contributed by atoms with E-state index in [2.05, 4.69) is 11.8 Å². The summed E-state index contributed by atoms with van der Waals surface area (Å²) in [5.41, 5.74) is 6.49. The van der Waals surface area contributed by atoms with E-state index in [4.69, 9.17) is 17.3 Å². The minimum Gasteiger partial charge on any atom is -0.329 e. The summed E-state index contributed by atoms with van der Waals surface area (Å²) >= 11 is 5.97. The summed E-state index contributed by atoms with van der Waals surface area (Å²) < 4.78 is 13.9. The van der Waals surface area contributed by atoms with Crippen LogP contribution in [0.25, 0.3) is 0 Å². The lowest BCUT2D eigenvalue weighted by molar-refractivity contribution is 0.107. The van der Waals surface area contributed by atoms with Gasteiger partial charge in [-0.15, -0.1) is 0 Å². The molecule has 0 radical (unpaired) electrons. The number of nitrogens with zero attached hydrogens (tertiary/aromatic N) is 1. The summed E-state index contributed by atoms with van der Waals surface area (Å²) in [4.78, 5) is 2.30. The van der Waals surface area contributed by atoms with Crippen LogP contribution in [0.3, 0.4) is 0 Å². The second-order valence-corrected chi connectivity index (χ2v) is 5.44. The third-order valence-electron chi connectivity index (χ3n) is 3.80. The van der Waals surface area contributed by atoms with Crippen molar-refractivity contribution in [2.45, 2.75) is 38.3 Å². The van der Waals surface area contributed by atoms with Crippen molar-refractivity contribution in [3.63, 3.8) is 0 Å². The van der Waals surface area contributed by atoms with Crippen molar-refractivity contribution in [3.05, 3.63) is 34.6 Å². The summed E-state index contributed by atoms with van der Waals surface area (Å²) in [6, 6.07) is 5.09. The smallest absolute Gasteiger partial charge is 0.128 e. The summed E-state index contributed by atoms with van der Waals surface area (Å²) in [5, 5.41) is 0.564. The van der Waals surface area contributed by atoms with Gasteiger partial charge >= 0.3 is 0 Å². The molecule has 1 heterocycles. The molecule has 1 saturated heterocycles. The summed E-state index contributed by atoms with van der Waals surface area (Å²) in [5.74, 6) is -0.215. The Hall–Kier alpha value is -0.640. The molecule has 4 heteroatoms. The normalized spacial score (nSPS) is 23.0. The fraction of sp³-hybridized carbons (Fsp3) is 0.571. The van der Waals surface area contributed by atoms with E-state index in [0.717, 1.165) is 19.4 Å². The largest absolute Gasteiger partial charge is 0.329 e. The van der Waals surface area contributed by atoms with Crippen LogP contribution in [0.15, 0.2) is 18.2 Å². The zero-order chi connectivity index (χ0) is 13.1. The summed E-state index contributed by atoms with van der Waals surface area (Å²) in [7, 11) is 0. The third-order valence-corrected chi connectivity index (χ3v) is 4.03. The number of rotatable bonds is 3. The maximum atomic E-state index is 13.9. The molecule has 2 N–H and O–H groups in total. The van der Waals surface area contributed by atoms with Crippen LogP contribution >= 0.6 is 11.6 Å². The van der Waals surface area contributed by atoms with Crippen molar-refractivity contribution >= 4 is 11.6 Å². The SMILES string of the molecule is CC1CCCCN1C(CN)c1cc(Cl)ccc1F. The Balaban J connectivity index is 2.29. The van der Waals surface area contributed by atoms with Gasteiger partial charge in [0.25, 0.3) is 0 Å². The standard InChI is InChI=1S/C14H20ClFN2/c1-10-4-2-3-7-18(10)14(9-17)12-8-11(15)5-6-13(12)16/h5-6,8,10,14H,2-4,7,9,17H2,1H3. The molecule has 0 aromatic heterocycles. The van der Waals surface area contributed by atoms with Gasteiger partial charge < -0.3 is 5.73 Å². The number of nitrogens with two attached hydrogens (primary N) is 1. The number of hydrogen-bond donors (Lipinski definition) is 1. The predicted octanol–water partition coefficient (Wildman–Crippen LogP) is 3.35. The molecule has 2 nitrogen and oxygen atoms in total. The fourth-order valence-electron chi connectivity index (χ4n) is 2.79. The number of halogens is 2. The van der Waals surface area contributed by atoms with Crippen molar-refractivity contribution in [2.24, 2.45) is 5.73 Å². The molecule has 1 fully saturated rings. The lowest BCUT2D eigenvalue weighted by Crippen LogP contribution is -2.43. The number of benzene rings is 1. The first kappa shape index (κ1) is 13.8. The molecule has 0 spiro atoms. The van der Waals surface area contributed by atoms with Crippen LogP contribution in [0.4, 0.5) is 4.39 Å². The minimum absolute atomic E-state index is 0.0704. The van der Waals surface area contributed by atoms with Crippen LogP contribution in [0.5, 0.6) is 0 Å². The average Bonchev–Trinajstić information content (AvgIpc) is 2.36. The number of likely N-dealkylation sites (tertiary alicyclic amines) is 1. The Morgan fingerprint density at radius 1 is 1.50 bits per heavy atom. The van der Waals surface area contributed by atoms with Gasteiger partial charge in [-0.3, -0.25) is 4.90 Å². The highest BCUT2D eigenvalue weighted by Gasteiger charge is 2.28. The fourth-order valence-corrected chi connectivity index (χ4v) is 2.97. The van der Waals surface area contributed by atoms with Crippen LogP contribution in [0.1, 0.15) is 37.8 Å². The Bertz CT molecular complexity index is 411. The van der Waals surface area contributed by atoms with Gasteiger partial charge in [-0.1, -0.05) is 18.0 Å². The van der Waals surface area contributed by atoms with Crippen molar-refractivity contribution in [3.8, 4) is 0 Å². The van der Waals surface area contributed by atoms with E-state index >= 15 is 0 Å². The molecular weight excluding hydrogens is 251 g/mol. The number of hydrogen-bond acceptors (Lipinski definition) is 2. The summed E-state index contributed by atoms with van der Waals surface area (Å²) in [6.07, 6.45) is 3.55. The Kier molecular flexibility index (Phi) is 4.60. The van der Waals surface area contributed by atoms with E-state index in [-0.39, 0.29) is 11.9 Å². The van der Waals surface area contributed by atoms with Crippen LogP contribution in [-0.4, -0.2) is 24.0 Å². The van der Waals surface area contributed by atoms with E-state index < -0.39 is 0 Å². The van der Waals surface area contributed by atoms with Gasteiger partial charge in [-0.05, 0) is 44.5 Å². The maximum Gasteiger partial charge on any atom is 0.128 e. The molecule has 100 valence electrons. The van der Waals surface area contributed by atoms with Crippen molar-refractivity contribution < 1.29 is 4.39 Å². The molecule has 2 atom stereocenters. The Labute approximate surface area is 113 Å². The Morgan fingerprint density at radius 2 is 2.28 bits per heavy atom. The van der Waals surface area contributed by atoms with Crippen molar-refractivity contribution in [2.75, 3.05) is 13.1 Å². The van der Waals surface area contributed by atoms with E-state index in [1.807, 2.05) is 0 Å². The molecule has 0 amide bonds. The van der Waals surface area contributed by atoms with Crippen LogP contribution < -0.4 is 5.73 Å². The summed E-state index contributed by atoms with van der Waals surface area (Å²) in [6.45, 7) is 3.58. The van der Waals surface area contributed by atoms with Crippen LogP contribution in [0.2, 0.25) is 5.02 Å². The van der Waals surface area contributed by atoms with Crippen LogP contribution in [-0.2, 0) is 0 Å². The predicted molar refractivity (Wildman–Crippen MR) is 73.2 cm³/mol. The second kappa shape index (κ2) is 6.00. The minimum atomic E-state index is -0.215. The van der Waals surface area contributed by atoms with Gasteiger partial charge in [-0.2, -0.15) is 0 Å². The monoisotopic (exact) mass is 270 g/mol.